The lowest BCUT2D eigenvalue weighted by atomic mass is 9.92. The van der Waals surface area contributed by atoms with Gasteiger partial charge in [0.25, 0.3) is 0 Å². The summed E-state index contributed by atoms with van der Waals surface area (Å²) in [7, 11) is 0. The van der Waals surface area contributed by atoms with Crippen LogP contribution in [0.1, 0.15) is 25.3 Å². The Labute approximate surface area is 125 Å². The second kappa shape index (κ2) is 8.12. The molecule has 0 bridgehead atoms. The summed E-state index contributed by atoms with van der Waals surface area (Å²) < 4.78 is 10.6. The summed E-state index contributed by atoms with van der Waals surface area (Å²) in [5.41, 5.74) is 7.90. The molecule has 0 aliphatic carbocycles. The zero-order chi connectivity index (χ0) is 15.1. The Bertz CT molecular complexity index is 441. The van der Waals surface area contributed by atoms with E-state index in [2.05, 4.69) is 5.32 Å². The van der Waals surface area contributed by atoms with Crippen molar-refractivity contribution in [3.8, 4) is 0 Å². The maximum Gasteiger partial charge on any atom is 0.241 e. The first-order chi connectivity index (χ1) is 10.2. The number of carbonyl (C=O) groups is 1. The van der Waals surface area contributed by atoms with Gasteiger partial charge in [0.2, 0.25) is 5.91 Å². The first-order valence-electron chi connectivity index (χ1n) is 7.51. The number of ether oxygens (including phenoxy) is 2. The van der Waals surface area contributed by atoms with Gasteiger partial charge in [-0.1, -0.05) is 12.1 Å². The van der Waals surface area contributed by atoms with Gasteiger partial charge in [0.1, 0.15) is 0 Å². The van der Waals surface area contributed by atoms with Gasteiger partial charge in [-0.3, -0.25) is 4.79 Å². The molecule has 3 N–H and O–H groups in total. The Morgan fingerprint density at radius 3 is 2.67 bits per heavy atom. The lowest BCUT2D eigenvalue weighted by molar-refractivity contribution is -0.119. The van der Waals surface area contributed by atoms with Crippen molar-refractivity contribution in [2.24, 2.45) is 11.7 Å². The molecule has 1 amide bonds. The Balaban J connectivity index is 1.86. The predicted molar refractivity (Wildman–Crippen MR) is 81.9 cm³/mol. The number of nitrogens with one attached hydrogen (secondary N) is 1. The summed E-state index contributed by atoms with van der Waals surface area (Å²) in [6.45, 7) is 4.63. The number of anilines is 1. The summed E-state index contributed by atoms with van der Waals surface area (Å²) in [6, 6.07) is 7.18. The van der Waals surface area contributed by atoms with Crippen LogP contribution in [0, 0.1) is 5.92 Å². The molecule has 0 saturated carbocycles. The molecule has 1 heterocycles. The largest absolute Gasteiger partial charge is 0.381 e. The number of amides is 1. The van der Waals surface area contributed by atoms with E-state index >= 15 is 0 Å². The van der Waals surface area contributed by atoms with Gasteiger partial charge in [-0.25, -0.2) is 0 Å². The number of carbonyl (C=O) groups excluding carboxylic acids is 1. The van der Waals surface area contributed by atoms with Crippen molar-refractivity contribution in [2.45, 2.75) is 32.4 Å². The van der Waals surface area contributed by atoms with Crippen LogP contribution >= 0.6 is 0 Å². The van der Waals surface area contributed by atoms with Crippen LogP contribution in [-0.4, -0.2) is 31.8 Å². The lowest BCUT2D eigenvalue weighted by Gasteiger charge is -2.26. The number of hydrogen-bond donors (Lipinski definition) is 2. The number of nitrogens with two attached hydrogens (primary N) is 1. The van der Waals surface area contributed by atoms with Crippen LogP contribution in [0.15, 0.2) is 24.3 Å². The van der Waals surface area contributed by atoms with Crippen molar-refractivity contribution < 1.29 is 14.3 Å². The first-order valence-corrected chi connectivity index (χ1v) is 7.51. The molecule has 1 aliphatic rings. The highest BCUT2D eigenvalue weighted by molar-refractivity contribution is 5.94. The van der Waals surface area contributed by atoms with Gasteiger partial charge in [0.15, 0.2) is 0 Å². The Morgan fingerprint density at radius 2 is 2.05 bits per heavy atom. The molecule has 21 heavy (non-hydrogen) atoms. The molecule has 0 aromatic heterocycles. The molecule has 1 aromatic carbocycles. The normalized spacial score (nSPS) is 17.4. The maximum atomic E-state index is 12.2. The Kier molecular flexibility index (Phi) is 6.17. The van der Waals surface area contributed by atoms with E-state index in [1.165, 1.54) is 0 Å². The molecule has 1 saturated heterocycles. The minimum absolute atomic E-state index is 0.126. The Hall–Kier alpha value is -1.43. The molecule has 1 atom stereocenters. The van der Waals surface area contributed by atoms with Crippen LogP contribution in [0.5, 0.6) is 0 Å². The van der Waals surface area contributed by atoms with E-state index < -0.39 is 6.04 Å². The minimum atomic E-state index is -0.475. The number of rotatable bonds is 6. The zero-order valence-corrected chi connectivity index (χ0v) is 12.5. The van der Waals surface area contributed by atoms with Crippen molar-refractivity contribution in [1.29, 1.82) is 0 Å². The fourth-order valence-electron chi connectivity index (χ4n) is 2.42. The highest BCUT2D eigenvalue weighted by atomic mass is 16.5. The average molecular weight is 292 g/mol. The van der Waals surface area contributed by atoms with Gasteiger partial charge < -0.3 is 20.5 Å². The molecule has 1 aliphatic heterocycles. The van der Waals surface area contributed by atoms with E-state index in [1.807, 2.05) is 31.2 Å². The molecule has 1 aromatic rings. The van der Waals surface area contributed by atoms with Crippen molar-refractivity contribution in [2.75, 3.05) is 25.1 Å². The number of benzene rings is 1. The standard InChI is InChI=1S/C16H24N2O3/c1-2-20-11-12-3-5-14(6-4-12)18-16(19)15(17)13-7-9-21-10-8-13/h3-6,13,15H,2,7-11,17H2,1H3,(H,18,19). The minimum Gasteiger partial charge on any atom is -0.381 e. The van der Waals surface area contributed by atoms with Gasteiger partial charge in [0.05, 0.1) is 12.6 Å². The van der Waals surface area contributed by atoms with Crippen LogP contribution < -0.4 is 11.1 Å². The van der Waals surface area contributed by atoms with E-state index in [0.29, 0.717) is 26.4 Å². The summed E-state index contributed by atoms with van der Waals surface area (Å²) in [6.07, 6.45) is 1.70. The number of hydrogen-bond acceptors (Lipinski definition) is 4. The average Bonchev–Trinajstić information content (AvgIpc) is 2.54. The van der Waals surface area contributed by atoms with Crippen molar-refractivity contribution >= 4 is 11.6 Å². The van der Waals surface area contributed by atoms with E-state index in [9.17, 15) is 4.79 Å². The molecule has 0 spiro atoms. The highest BCUT2D eigenvalue weighted by Gasteiger charge is 2.26. The SMILES string of the molecule is CCOCc1ccc(NC(=O)C(N)C2CCOCC2)cc1. The molecular weight excluding hydrogens is 268 g/mol. The molecule has 5 heteroatoms. The second-order valence-electron chi connectivity index (χ2n) is 5.30. The van der Waals surface area contributed by atoms with E-state index in [4.69, 9.17) is 15.2 Å². The third kappa shape index (κ3) is 4.81. The van der Waals surface area contributed by atoms with Crippen molar-refractivity contribution in [1.82, 2.24) is 0 Å². The van der Waals surface area contributed by atoms with Gasteiger partial charge in [-0.2, -0.15) is 0 Å². The van der Waals surface area contributed by atoms with Gasteiger partial charge in [-0.05, 0) is 43.4 Å². The van der Waals surface area contributed by atoms with Crippen LogP contribution in [0.25, 0.3) is 0 Å². The smallest absolute Gasteiger partial charge is 0.241 e. The highest BCUT2D eigenvalue weighted by Crippen LogP contribution is 2.19. The summed E-state index contributed by atoms with van der Waals surface area (Å²) in [5.74, 6) is 0.0791. The van der Waals surface area contributed by atoms with Gasteiger partial charge in [0, 0.05) is 25.5 Å². The van der Waals surface area contributed by atoms with Crippen LogP contribution in [-0.2, 0) is 20.9 Å². The first kappa shape index (κ1) is 15.9. The third-order valence-electron chi connectivity index (χ3n) is 3.77. The third-order valence-corrected chi connectivity index (χ3v) is 3.77. The fraction of sp³-hybridized carbons (Fsp3) is 0.562. The monoisotopic (exact) mass is 292 g/mol. The topological polar surface area (TPSA) is 73.6 Å². The molecular formula is C16H24N2O3. The zero-order valence-electron chi connectivity index (χ0n) is 12.5. The van der Waals surface area contributed by atoms with Crippen LogP contribution in [0.2, 0.25) is 0 Å². The van der Waals surface area contributed by atoms with Crippen LogP contribution in [0.3, 0.4) is 0 Å². The van der Waals surface area contributed by atoms with Gasteiger partial charge >= 0.3 is 0 Å². The lowest BCUT2D eigenvalue weighted by Crippen LogP contribution is -2.43. The maximum absolute atomic E-state index is 12.2. The molecule has 116 valence electrons. The fourth-order valence-corrected chi connectivity index (χ4v) is 2.42. The molecule has 0 radical (unpaired) electrons. The summed E-state index contributed by atoms with van der Waals surface area (Å²) >= 11 is 0. The van der Waals surface area contributed by atoms with E-state index in [-0.39, 0.29) is 11.8 Å². The van der Waals surface area contributed by atoms with Gasteiger partial charge in [-0.15, -0.1) is 0 Å². The van der Waals surface area contributed by atoms with E-state index in [1.54, 1.807) is 0 Å². The van der Waals surface area contributed by atoms with E-state index in [0.717, 1.165) is 24.1 Å². The quantitative estimate of drug-likeness (QED) is 0.840. The summed E-state index contributed by atoms with van der Waals surface area (Å²) in [5, 5.41) is 2.88. The molecule has 1 fully saturated rings. The van der Waals surface area contributed by atoms with Crippen LogP contribution in [0.4, 0.5) is 5.69 Å². The summed E-state index contributed by atoms with van der Waals surface area (Å²) in [4.78, 5) is 12.2. The molecule has 2 rings (SSSR count). The Morgan fingerprint density at radius 1 is 1.38 bits per heavy atom. The molecule has 1 unspecified atom stereocenters. The van der Waals surface area contributed by atoms with Crippen molar-refractivity contribution in [3.63, 3.8) is 0 Å². The second-order valence-corrected chi connectivity index (χ2v) is 5.30. The van der Waals surface area contributed by atoms with Crippen molar-refractivity contribution in [3.05, 3.63) is 29.8 Å². The predicted octanol–water partition coefficient (Wildman–Crippen LogP) is 1.92. The molecule has 5 nitrogen and oxygen atoms in total.